The van der Waals surface area contributed by atoms with Gasteiger partial charge in [0.25, 0.3) is 5.91 Å². The Hall–Kier alpha value is -2.37. The minimum atomic E-state index is -1.13. The molecule has 0 radical (unpaired) electrons. The molecule has 2 aliphatic rings. The number of carbonyl (C=O) groups excluding carboxylic acids is 3. The quantitative estimate of drug-likeness (QED) is 0.842. The van der Waals surface area contributed by atoms with Crippen LogP contribution in [0.25, 0.3) is 0 Å². The number of rotatable bonds is 4. The first-order valence-corrected chi connectivity index (χ1v) is 9.28. The molecule has 1 N–H and O–H groups in total. The van der Waals surface area contributed by atoms with Gasteiger partial charge in [-0.2, -0.15) is 0 Å². The molecule has 1 aromatic rings. The summed E-state index contributed by atoms with van der Waals surface area (Å²) in [4.78, 5) is 40.7. The minimum Gasteiger partial charge on any atom is -0.341 e. The fourth-order valence-corrected chi connectivity index (χ4v) is 3.89. The Morgan fingerprint density at radius 2 is 1.81 bits per heavy atom. The molecule has 2 fully saturated rings. The predicted octanol–water partition coefficient (Wildman–Crippen LogP) is 2.49. The third kappa shape index (κ3) is 3.32. The van der Waals surface area contributed by atoms with Gasteiger partial charge in [0, 0.05) is 13.1 Å². The van der Waals surface area contributed by atoms with Gasteiger partial charge in [0.1, 0.15) is 12.1 Å². The molecular weight excluding hydrogens is 330 g/mol. The average molecular weight is 357 g/mol. The van der Waals surface area contributed by atoms with Crippen LogP contribution < -0.4 is 5.32 Å². The van der Waals surface area contributed by atoms with E-state index in [1.54, 1.807) is 31.0 Å². The Morgan fingerprint density at radius 1 is 1.19 bits per heavy atom. The van der Waals surface area contributed by atoms with Crippen LogP contribution in [0.3, 0.4) is 0 Å². The summed E-state index contributed by atoms with van der Waals surface area (Å²) >= 11 is 0. The van der Waals surface area contributed by atoms with Crippen molar-refractivity contribution in [1.29, 1.82) is 0 Å². The fourth-order valence-electron chi connectivity index (χ4n) is 3.89. The standard InChI is InChI=1S/C20H27N3O3/c1-14-9-11-16(12-10-14)22(3)17(24)13-23-18(25)20(2,21-19(23)26)15-7-5-4-6-8-15/h4-8,14,16H,9-13H2,1-3H3,(H,21,26)/t14?,16?,20-/m0/s1. The smallest absolute Gasteiger partial charge is 0.325 e. The molecule has 1 heterocycles. The molecule has 1 saturated heterocycles. The monoisotopic (exact) mass is 357 g/mol. The van der Waals surface area contributed by atoms with Crippen molar-refractivity contribution in [2.45, 2.75) is 51.1 Å². The Bertz CT molecular complexity index is 698. The van der Waals surface area contributed by atoms with Crippen LogP contribution >= 0.6 is 0 Å². The number of urea groups is 1. The van der Waals surface area contributed by atoms with Crippen LogP contribution in [0.5, 0.6) is 0 Å². The van der Waals surface area contributed by atoms with E-state index < -0.39 is 11.6 Å². The van der Waals surface area contributed by atoms with Crippen molar-refractivity contribution in [2.24, 2.45) is 5.92 Å². The van der Waals surface area contributed by atoms with Gasteiger partial charge in [-0.3, -0.25) is 14.5 Å². The highest BCUT2D eigenvalue weighted by molar-refractivity contribution is 6.09. The van der Waals surface area contributed by atoms with E-state index in [0.717, 1.165) is 30.6 Å². The molecule has 0 aromatic heterocycles. The van der Waals surface area contributed by atoms with Crippen LogP contribution in [0.15, 0.2) is 30.3 Å². The van der Waals surface area contributed by atoms with Gasteiger partial charge in [-0.05, 0) is 44.1 Å². The summed E-state index contributed by atoms with van der Waals surface area (Å²) < 4.78 is 0. The van der Waals surface area contributed by atoms with E-state index in [4.69, 9.17) is 0 Å². The number of hydrogen-bond donors (Lipinski definition) is 1. The van der Waals surface area contributed by atoms with E-state index in [1.165, 1.54) is 0 Å². The van der Waals surface area contributed by atoms with Gasteiger partial charge in [0.2, 0.25) is 5.91 Å². The molecule has 0 spiro atoms. The minimum absolute atomic E-state index is 0.189. The van der Waals surface area contributed by atoms with Crippen LogP contribution in [0.4, 0.5) is 4.79 Å². The van der Waals surface area contributed by atoms with Gasteiger partial charge in [-0.15, -0.1) is 0 Å². The first-order chi connectivity index (χ1) is 12.3. The van der Waals surface area contributed by atoms with Crippen molar-refractivity contribution in [2.75, 3.05) is 13.6 Å². The van der Waals surface area contributed by atoms with Crippen molar-refractivity contribution in [3.63, 3.8) is 0 Å². The highest BCUT2D eigenvalue weighted by Gasteiger charge is 2.49. The van der Waals surface area contributed by atoms with Gasteiger partial charge in [-0.1, -0.05) is 37.3 Å². The maximum absolute atomic E-state index is 12.9. The summed E-state index contributed by atoms with van der Waals surface area (Å²) in [7, 11) is 1.78. The zero-order valence-corrected chi connectivity index (χ0v) is 15.7. The molecule has 1 aromatic carbocycles. The van der Waals surface area contributed by atoms with E-state index in [1.807, 2.05) is 18.2 Å². The number of imide groups is 1. The second-order valence-corrected chi connectivity index (χ2v) is 7.73. The molecule has 1 atom stereocenters. The number of carbonyl (C=O) groups is 3. The summed E-state index contributed by atoms with van der Waals surface area (Å²) in [5.41, 5.74) is -0.416. The van der Waals surface area contributed by atoms with Crippen LogP contribution in [-0.4, -0.2) is 47.3 Å². The average Bonchev–Trinajstić information content (AvgIpc) is 2.86. The molecule has 0 unspecified atom stereocenters. The molecule has 26 heavy (non-hydrogen) atoms. The van der Waals surface area contributed by atoms with Crippen LogP contribution in [-0.2, 0) is 15.1 Å². The number of nitrogens with zero attached hydrogens (tertiary/aromatic N) is 2. The normalized spacial score (nSPS) is 28.8. The Kier molecular flexibility index (Phi) is 5.03. The lowest BCUT2D eigenvalue weighted by atomic mass is 9.87. The first kappa shape index (κ1) is 18.4. The lowest BCUT2D eigenvalue weighted by molar-refractivity contribution is -0.139. The molecule has 6 nitrogen and oxygen atoms in total. The van der Waals surface area contributed by atoms with E-state index >= 15 is 0 Å². The lowest BCUT2D eigenvalue weighted by Crippen LogP contribution is -2.47. The molecule has 140 valence electrons. The number of amides is 4. The molecule has 4 amide bonds. The Labute approximate surface area is 154 Å². The van der Waals surface area contributed by atoms with E-state index in [2.05, 4.69) is 12.2 Å². The largest absolute Gasteiger partial charge is 0.341 e. The van der Waals surface area contributed by atoms with E-state index in [9.17, 15) is 14.4 Å². The summed E-state index contributed by atoms with van der Waals surface area (Å²) in [5.74, 6) is 0.130. The second kappa shape index (κ2) is 7.09. The van der Waals surface area contributed by atoms with Crippen molar-refractivity contribution in [1.82, 2.24) is 15.1 Å². The third-order valence-corrected chi connectivity index (χ3v) is 5.85. The Balaban J connectivity index is 1.69. The van der Waals surface area contributed by atoms with Gasteiger partial charge >= 0.3 is 6.03 Å². The maximum atomic E-state index is 12.9. The van der Waals surface area contributed by atoms with Gasteiger partial charge in [0.15, 0.2) is 0 Å². The van der Waals surface area contributed by atoms with Gasteiger partial charge in [-0.25, -0.2) is 4.79 Å². The van der Waals surface area contributed by atoms with Crippen molar-refractivity contribution >= 4 is 17.8 Å². The zero-order chi connectivity index (χ0) is 18.9. The first-order valence-electron chi connectivity index (χ1n) is 9.28. The van der Waals surface area contributed by atoms with Crippen molar-refractivity contribution in [3.8, 4) is 0 Å². The van der Waals surface area contributed by atoms with Gasteiger partial charge in [0.05, 0.1) is 0 Å². The van der Waals surface area contributed by atoms with Gasteiger partial charge < -0.3 is 10.2 Å². The predicted molar refractivity (Wildman–Crippen MR) is 98.2 cm³/mol. The Morgan fingerprint density at radius 3 is 2.42 bits per heavy atom. The number of likely N-dealkylation sites (N-methyl/N-ethyl adjacent to an activating group) is 1. The van der Waals surface area contributed by atoms with Crippen LogP contribution in [0.1, 0.15) is 45.1 Å². The molecule has 1 aliphatic heterocycles. The summed E-state index contributed by atoms with van der Waals surface area (Å²) in [6.07, 6.45) is 4.17. The van der Waals surface area contributed by atoms with E-state index in [-0.39, 0.29) is 24.4 Å². The number of hydrogen-bond acceptors (Lipinski definition) is 3. The molecular formula is C20H27N3O3. The second-order valence-electron chi connectivity index (χ2n) is 7.73. The zero-order valence-electron chi connectivity index (χ0n) is 15.7. The topological polar surface area (TPSA) is 69.7 Å². The lowest BCUT2D eigenvalue weighted by Gasteiger charge is -2.34. The summed E-state index contributed by atoms with van der Waals surface area (Å²) in [6.45, 7) is 3.70. The molecule has 0 bridgehead atoms. The molecule has 6 heteroatoms. The molecule has 1 aliphatic carbocycles. The fraction of sp³-hybridized carbons (Fsp3) is 0.550. The highest BCUT2D eigenvalue weighted by atomic mass is 16.2. The van der Waals surface area contributed by atoms with Crippen molar-refractivity contribution < 1.29 is 14.4 Å². The summed E-state index contributed by atoms with van der Waals surface area (Å²) in [5, 5.41) is 2.74. The number of benzene rings is 1. The molecule has 1 saturated carbocycles. The van der Waals surface area contributed by atoms with E-state index in [0.29, 0.717) is 11.5 Å². The highest BCUT2D eigenvalue weighted by Crippen LogP contribution is 2.29. The maximum Gasteiger partial charge on any atom is 0.325 e. The third-order valence-electron chi connectivity index (χ3n) is 5.85. The van der Waals surface area contributed by atoms with Crippen LogP contribution in [0.2, 0.25) is 0 Å². The van der Waals surface area contributed by atoms with Crippen molar-refractivity contribution in [3.05, 3.63) is 35.9 Å². The summed E-state index contributed by atoms with van der Waals surface area (Å²) in [6, 6.07) is 8.80. The SMILES string of the molecule is CC1CCC(N(C)C(=O)CN2C(=O)N[C@@](C)(c3ccccc3)C2=O)CC1. The molecule has 3 rings (SSSR count). The van der Waals surface area contributed by atoms with Crippen LogP contribution in [0, 0.1) is 5.92 Å². The number of nitrogens with one attached hydrogen (secondary N) is 1.